The molecule has 0 saturated heterocycles. The molecule has 1 fully saturated rings. The molecule has 0 amide bonds. The van der Waals surface area contributed by atoms with Crippen molar-refractivity contribution < 1.29 is 4.39 Å². The molecule has 24 heavy (non-hydrogen) atoms. The standard InChI is InChI=1S/C18H18FN5/c1-11-5-4-7-15(21-11)18-23-22-17(12-9-13(20)10-12)24(18)16-8-3-2-6-14(16)19/h2-8,12-13H,9-10,20H2,1H3. The zero-order valence-electron chi connectivity index (χ0n) is 13.4. The highest BCUT2D eigenvalue weighted by Gasteiger charge is 2.33. The number of benzene rings is 1. The lowest BCUT2D eigenvalue weighted by molar-refractivity contribution is 0.334. The Labute approximate surface area is 139 Å². The second-order valence-corrected chi connectivity index (χ2v) is 6.26. The summed E-state index contributed by atoms with van der Waals surface area (Å²) in [6, 6.07) is 12.5. The van der Waals surface area contributed by atoms with Gasteiger partial charge in [0, 0.05) is 17.7 Å². The van der Waals surface area contributed by atoms with Crippen molar-refractivity contribution in [1.82, 2.24) is 19.7 Å². The van der Waals surface area contributed by atoms with Crippen LogP contribution in [-0.2, 0) is 0 Å². The fourth-order valence-electron chi connectivity index (χ4n) is 3.14. The smallest absolute Gasteiger partial charge is 0.187 e. The number of rotatable bonds is 3. The molecule has 0 bridgehead atoms. The molecular weight excluding hydrogens is 305 g/mol. The van der Waals surface area contributed by atoms with E-state index in [9.17, 15) is 4.39 Å². The van der Waals surface area contributed by atoms with E-state index in [4.69, 9.17) is 5.73 Å². The first-order chi connectivity index (χ1) is 11.6. The Balaban J connectivity index is 1.90. The second kappa shape index (κ2) is 5.79. The van der Waals surface area contributed by atoms with Crippen LogP contribution < -0.4 is 5.73 Å². The highest BCUT2D eigenvalue weighted by atomic mass is 19.1. The van der Waals surface area contributed by atoms with Crippen LogP contribution in [0.15, 0.2) is 42.5 Å². The van der Waals surface area contributed by atoms with Gasteiger partial charge in [-0.3, -0.25) is 4.57 Å². The Morgan fingerprint density at radius 2 is 1.88 bits per heavy atom. The van der Waals surface area contributed by atoms with Crippen molar-refractivity contribution in [2.75, 3.05) is 0 Å². The van der Waals surface area contributed by atoms with Crippen LogP contribution in [0.25, 0.3) is 17.2 Å². The second-order valence-electron chi connectivity index (χ2n) is 6.26. The number of nitrogens with two attached hydrogens (primary N) is 1. The van der Waals surface area contributed by atoms with Crippen LogP contribution in [0.2, 0.25) is 0 Å². The van der Waals surface area contributed by atoms with E-state index in [1.165, 1.54) is 6.07 Å². The maximum atomic E-state index is 14.4. The molecule has 1 aromatic carbocycles. The van der Waals surface area contributed by atoms with E-state index in [0.29, 0.717) is 17.2 Å². The maximum absolute atomic E-state index is 14.4. The summed E-state index contributed by atoms with van der Waals surface area (Å²) in [6.45, 7) is 1.92. The zero-order valence-corrected chi connectivity index (χ0v) is 13.4. The third-order valence-electron chi connectivity index (χ3n) is 4.44. The van der Waals surface area contributed by atoms with Crippen molar-refractivity contribution in [3.8, 4) is 17.2 Å². The SMILES string of the molecule is Cc1cccc(-c2nnc(C3CC(N)C3)n2-c2ccccc2F)n1. The number of para-hydroxylation sites is 1. The molecule has 6 heteroatoms. The molecule has 0 atom stereocenters. The molecule has 4 rings (SSSR count). The predicted molar refractivity (Wildman–Crippen MR) is 89.2 cm³/mol. The first kappa shape index (κ1) is 15.0. The fourth-order valence-corrected chi connectivity index (χ4v) is 3.14. The number of nitrogens with zero attached hydrogens (tertiary/aromatic N) is 4. The van der Waals surface area contributed by atoms with Crippen LogP contribution in [-0.4, -0.2) is 25.8 Å². The Morgan fingerprint density at radius 1 is 1.08 bits per heavy atom. The molecule has 3 aromatic rings. The van der Waals surface area contributed by atoms with E-state index >= 15 is 0 Å². The molecule has 0 spiro atoms. The molecule has 2 aromatic heterocycles. The normalized spacial score (nSPS) is 20.0. The molecule has 2 N–H and O–H groups in total. The molecule has 0 radical (unpaired) electrons. The van der Waals surface area contributed by atoms with Crippen molar-refractivity contribution >= 4 is 0 Å². The Bertz CT molecular complexity index is 883. The molecule has 1 aliphatic carbocycles. The lowest BCUT2D eigenvalue weighted by Crippen LogP contribution is -2.36. The van der Waals surface area contributed by atoms with Gasteiger partial charge in [-0.15, -0.1) is 10.2 Å². The molecule has 5 nitrogen and oxygen atoms in total. The third-order valence-corrected chi connectivity index (χ3v) is 4.44. The summed E-state index contributed by atoms with van der Waals surface area (Å²) in [7, 11) is 0. The van der Waals surface area contributed by atoms with Gasteiger partial charge in [0.25, 0.3) is 0 Å². The predicted octanol–water partition coefficient (Wildman–Crippen LogP) is 2.98. The fraction of sp³-hybridized carbons (Fsp3) is 0.278. The summed E-state index contributed by atoms with van der Waals surface area (Å²) in [5.74, 6) is 1.20. The summed E-state index contributed by atoms with van der Waals surface area (Å²) >= 11 is 0. The van der Waals surface area contributed by atoms with E-state index in [0.717, 1.165) is 24.4 Å². The van der Waals surface area contributed by atoms with Crippen molar-refractivity contribution in [2.24, 2.45) is 5.73 Å². The van der Waals surface area contributed by atoms with Crippen LogP contribution in [0, 0.1) is 12.7 Å². The highest BCUT2D eigenvalue weighted by molar-refractivity contribution is 5.55. The summed E-state index contributed by atoms with van der Waals surface area (Å²) in [4.78, 5) is 4.52. The van der Waals surface area contributed by atoms with Gasteiger partial charge in [-0.1, -0.05) is 18.2 Å². The molecule has 0 unspecified atom stereocenters. The van der Waals surface area contributed by atoms with Gasteiger partial charge in [-0.05, 0) is 44.0 Å². The molecule has 1 saturated carbocycles. The zero-order chi connectivity index (χ0) is 16.7. The van der Waals surface area contributed by atoms with Crippen molar-refractivity contribution in [3.63, 3.8) is 0 Å². The monoisotopic (exact) mass is 323 g/mol. The lowest BCUT2D eigenvalue weighted by atomic mass is 9.80. The molecule has 0 aliphatic heterocycles. The maximum Gasteiger partial charge on any atom is 0.187 e. The topological polar surface area (TPSA) is 69.6 Å². The minimum Gasteiger partial charge on any atom is -0.328 e. The van der Waals surface area contributed by atoms with Gasteiger partial charge in [0.15, 0.2) is 5.82 Å². The summed E-state index contributed by atoms with van der Waals surface area (Å²) in [5.41, 5.74) is 7.92. The number of aromatic nitrogens is 4. The Hall–Kier alpha value is -2.60. The van der Waals surface area contributed by atoms with Crippen molar-refractivity contribution in [3.05, 3.63) is 59.8 Å². The molecule has 1 aliphatic rings. The number of halogens is 1. The first-order valence-electron chi connectivity index (χ1n) is 8.03. The van der Waals surface area contributed by atoms with Gasteiger partial charge in [0.2, 0.25) is 0 Å². The highest BCUT2D eigenvalue weighted by Crippen LogP contribution is 2.37. The van der Waals surface area contributed by atoms with Crippen molar-refractivity contribution in [2.45, 2.75) is 31.7 Å². The number of hydrogen-bond acceptors (Lipinski definition) is 4. The van der Waals surface area contributed by atoms with E-state index in [1.807, 2.05) is 31.2 Å². The van der Waals surface area contributed by atoms with E-state index < -0.39 is 0 Å². The largest absolute Gasteiger partial charge is 0.328 e. The number of aryl methyl sites for hydroxylation is 1. The van der Waals surface area contributed by atoms with E-state index in [1.54, 1.807) is 16.7 Å². The van der Waals surface area contributed by atoms with Gasteiger partial charge in [0.05, 0.1) is 5.69 Å². The van der Waals surface area contributed by atoms with Crippen LogP contribution in [0.1, 0.15) is 30.3 Å². The lowest BCUT2D eigenvalue weighted by Gasteiger charge is -2.31. The van der Waals surface area contributed by atoms with Crippen LogP contribution in [0.5, 0.6) is 0 Å². The van der Waals surface area contributed by atoms with Gasteiger partial charge >= 0.3 is 0 Å². The van der Waals surface area contributed by atoms with Crippen molar-refractivity contribution in [1.29, 1.82) is 0 Å². The van der Waals surface area contributed by atoms with Gasteiger partial charge in [-0.25, -0.2) is 9.37 Å². The average Bonchev–Trinajstić information content (AvgIpc) is 2.96. The van der Waals surface area contributed by atoms with Crippen LogP contribution in [0.4, 0.5) is 4.39 Å². The number of pyridine rings is 1. The summed E-state index contributed by atoms with van der Waals surface area (Å²) < 4.78 is 16.2. The molecule has 122 valence electrons. The average molecular weight is 323 g/mol. The minimum absolute atomic E-state index is 0.182. The Morgan fingerprint density at radius 3 is 2.58 bits per heavy atom. The van der Waals surface area contributed by atoms with Gasteiger partial charge in [0.1, 0.15) is 17.3 Å². The Kier molecular flexibility index (Phi) is 3.61. The molecular formula is C18H18FN5. The van der Waals surface area contributed by atoms with E-state index in [-0.39, 0.29) is 17.8 Å². The van der Waals surface area contributed by atoms with Gasteiger partial charge in [-0.2, -0.15) is 0 Å². The first-order valence-corrected chi connectivity index (χ1v) is 8.03. The van der Waals surface area contributed by atoms with Gasteiger partial charge < -0.3 is 5.73 Å². The number of hydrogen-bond donors (Lipinski definition) is 1. The van der Waals surface area contributed by atoms with Crippen LogP contribution in [0.3, 0.4) is 0 Å². The third kappa shape index (κ3) is 2.49. The van der Waals surface area contributed by atoms with E-state index in [2.05, 4.69) is 15.2 Å². The molecule has 2 heterocycles. The quantitative estimate of drug-likeness (QED) is 0.804. The van der Waals surface area contributed by atoms with Crippen LogP contribution >= 0.6 is 0 Å². The summed E-state index contributed by atoms with van der Waals surface area (Å²) in [6.07, 6.45) is 1.68. The minimum atomic E-state index is -0.309. The summed E-state index contributed by atoms with van der Waals surface area (Å²) in [5, 5.41) is 8.66.